The smallest absolute Gasteiger partial charge is 0.0956 e. The van der Waals surface area contributed by atoms with E-state index in [1.165, 1.54) is 45.6 Å². The summed E-state index contributed by atoms with van der Waals surface area (Å²) in [4.78, 5) is 5.31. The molecule has 1 aliphatic rings. The van der Waals surface area contributed by atoms with Gasteiger partial charge in [0.15, 0.2) is 0 Å². The first kappa shape index (κ1) is 17.7. The molecular formula is C30H22N2. The van der Waals surface area contributed by atoms with Crippen LogP contribution in [0, 0.1) is 0 Å². The number of rotatable bonds is 3. The minimum absolute atomic E-state index is 0.711. The number of pyridine rings is 1. The van der Waals surface area contributed by atoms with Crippen LogP contribution >= 0.6 is 0 Å². The summed E-state index contributed by atoms with van der Waals surface area (Å²) in [6.07, 6.45) is 2.60. The summed E-state index contributed by atoms with van der Waals surface area (Å²) in [6.45, 7) is 0. The van der Waals surface area contributed by atoms with Gasteiger partial charge in [-0.1, -0.05) is 78.9 Å². The Bertz CT molecular complexity index is 1610. The molecule has 0 saturated heterocycles. The molecule has 2 heterocycles. The molecule has 0 radical (unpaired) electrons. The topological polar surface area (TPSA) is 17.8 Å². The highest BCUT2D eigenvalue weighted by molar-refractivity contribution is 6.23. The Morgan fingerprint density at radius 3 is 2.19 bits per heavy atom. The van der Waals surface area contributed by atoms with Crippen molar-refractivity contribution in [3.63, 3.8) is 0 Å². The summed E-state index contributed by atoms with van der Waals surface area (Å²) in [5, 5.41) is 3.79. The van der Waals surface area contributed by atoms with Gasteiger partial charge in [-0.15, -0.1) is 0 Å². The third-order valence-electron chi connectivity index (χ3n) is 6.73. The lowest BCUT2D eigenvalue weighted by atomic mass is 10.0. The molecule has 1 aliphatic carbocycles. The predicted molar refractivity (Wildman–Crippen MR) is 133 cm³/mol. The van der Waals surface area contributed by atoms with E-state index in [1.807, 2.05) is 0 Å². The minimum atomic E-state index is 0.711. The third-order valence-corrected chi connectivity index (χ3v) is 6.73. The van der Waals surface area contributed by atoms with E-state index in [-0.39, 0.29) is 0 Å². The fourth-order valence-corrected chi connectivity index (χ4v) is 5.08. The molecule has 2 heteroatoms. The van der Waals surface area contributed by atoms with Crippen LogP contribution in [0.1, 0.15) is 24.3 Å². The molecule has 6 aromatic rings. The van der Waals surface area contributed by atoms with Crippen molar-refractivity contribution in [2.24, 2.45) is 0 Å². The van der Waals surface area contributed by atoms with Gasteiger partial charge in [-0.05, 0) is 48.6 Å². The van der Waals surface area contributed by atoms with Gasteiger partial charge >= 0.3 is 0 Å². The first-order valence-electron chi connectivity index (χ1n) is 11.4. The summed E-state index contributed by atoms with van der Waals surface area (Å²) < 4.78 is 2.38. The SMILES string of the molecule is c1ccc(-c2nc3cc(C4CC4)ccc3c3c4ccccc4n(-c4ccccc4)c23)cc1. The van der Waals surface area contributed by atoms with Crippen LogP contribution in [0.3, 0.4) is 0 Å². The normalized spacial score (nSPS) is 13.9. The number of benzene rings is 4. The van der Waals surface area contributed by atoms with E-state index in [9.17, 15) is 0 Å². The Morgan fingerprint density at radius 1 is 0.688 bits per heavy atom. The summed E-state index contributed by atoms with van der Waals surface area (Å²) in [7, 11) is 0. The first-order valence-corrected chi connectivity index (χ1v) is 11.4. The van der Waals surface area contributed by atoms with Gasteiger partial charge in [0.25, 0.3) is 0 Å². The highest BCUT2D eigenvalue weighted by Gasteiger charge is 2.25. The zero-order valence-electron chi connectivity index (χ0n) is 17.7. The molecule has 1 fully saturated rings. The molecule has 1 saturated carbocycles. The average molecular weight is 411 g/mol. The Kier molecular flexibility index (Phi) is 3.77. The third kappa shape index (κ3) is 2.63. The molecular weight excluding hydrogens is 388 g/mol. The molecule has 152 valence electrons. The van der Waals surface area contributed by atoms with Crippen LogP contribution in [-0.4, -0.2) is 9.55 Å². The molecule has 7 rings (SSSR count). The van der Waals surface area contributed by atoms with Gasteiger partial charge in [0, 0.05) is 27.4 Å². The molecule has 0 N–H and O–H groups in total. The van der Waals surface area contributed by atoms with E-state index in [2.05, 4.69) is 108 Å². The second kappa shape index (κ2) is 6.80. The Balaban J connectivity index is 1.71. The van der Waals surface area contributed by atoms with Crippen molar-refractivity contribution in [1.29, 1.82) is 0 Å². The van der Waals surface area contributed by atoms with Crippen LogP contribution in [0.4, 0.5) is 0 Å². The molecule has 4 aromatic carbocycles. The lowest BCUT2D eigenvalue weighted by Gasteiger charge is -2.13. The number of fused-ring (bicyclic) bond motifs is 5. The predicted octanol–water partition coefficient (Wildman–Crippen LogP) is 7.88. The van der Waals surface area contributed by atoms with Gasteiger partial charge in [0.1, 0.15) is 0 Å². The van der Waals surface area contributed by atoms with Gasteiger partial charge in [0.05, 0.1) is 22.2 Å². The van der Waals surface area contributed by atoms with Crippen LogP contribution < -0.4 is 0 Å². The summed E-state index contributed by atoms with van der Waals surface area (Å²) in [6, 6.07) is 37.0. The number of nitrogens with zero attached hydrogens (tertiary/aromatic N) is 2. The van der Waals surface area contributed by atoms with Crippen LogP contribution in [0.25, 0.3) is 49.7 Å². The van der Waals surface area contributed by atoms with E-state index >= 15 is 0 Å². The largest absolute Gasteiger partial charge is 0.307 e. The summed E-state index contributed by atoms with van der Waals surface area (Å²) in [5.41, 5.74) is 8.26. The molecule has 0 unspecified atom stereocenters. The second-order valence-corrected chi connectivity index (χ2v) is 8.79. The van der Waals surface area contributed by atoms with Crippen LogP contribution in [-0.2, 0) is 0 Å². The molecule has 2 aromatic heterocycles. The average Bonchev–Trinajstić information content (AvgIpc) is 3.65. The van der Waals surface area contributed by atoms with Crippen LogP contribution in [0.2, 0.25) is 0 Å². The maximum Gasteiger partial charge on any atom is 0.0956 e. The van der Waals surface area contributed by atoms with Gasteiger partial charge < -0.3 is 4.57 Å². The first-order chi connectivity index (χ1) is 15.9. The van der Waals surface area contributed by atoms with Gasteiger partial charge in [0.2, 0.25) is 0 Å². The van der Waals surface area contributed by atoms with Gasteiger partial charge in [-0.25, -0.2) is 4.98 Å². The fourth-order valence-electron chi connectivity index (χ4n) is 5.08. The Hall–Kier alpha value is -3.91. The van der Waals surface area contributed by atoms with Crippen molar-refractivity contribution in [1.82, 2.24) is 9.55 Å². The monoisotopic (exact) mass is 410 g/mol. The van der Waals surface area contributed by atoms with E-state index in [0.717, 1.165) is 22.5 Å². The Labute approximate surface area is 186 Å². The van der Waals surface area contributed by atoms with Crippen molar-refractivity contribution in [3.8, 4) is 16.9 Å². The van der Waals surface area contributed by atoms with E-state index < -0.39 is 0 Å². The quantitative estimate of drug-likeness (QED) is 0.290. The highest BCUT2D eigenvalue weighted by Crippen LogP contribution is 2.44. The van der Waals surface area contributed by atoms with E-state index in [0.29, 0.717) is 5.92 Å². The van der Waals surface area contributed by atoms with Gasteiger partial charge in [-0.2, -0.15) is 0 Å². The fraction of sp³-hybridized carbons (Fsp3) is 0.100. The maximum absolute atomic E-state index is 5.31. The lowest BCUT2D eigenvalue weighted by molar-refractivity contribution is 1.13. The van der Waals surface area contributed by atoms with Crippen LogP contribution in [0.5, 0.6) is 0 Å². The van der Waals surface area contributed by atoms with Gasteiger partial charge in [-0.3, -0.25) is 0 Å². The van der Waals surface area contributed by atoms with Crippen molar-refractivity contribution < 1.29 is 0 Å². The number of para-hydroxylation sites is 2. The standard InChI is InChI=1S/C30H22N2/c1-3-9-21(10-4-1)29-30-28(24-18-17-22(20-15-16-20)19-26(24)31-29)25-13-7-8-14-27(25)32(30)23-11-5-2-6-12-23/h1-14,17-20H,15-16H2. The zero-order valence-corrected chi connectivity index (χ0v) is 17.7. The lowest BCUT2D eigenvalue weighted by Crippen LogP contribution is -1.97. The molecule has 0 atom stereocenters. The van der Waals surface area contributed by atoms with Crippen molar-refractivity contribution in [2.75, 3.05) is 0 Å². The molecule has 0 bridgehead atoms. The zero-order chi connectivity index (χ0) is 21.1. The molecule has 0 spiro atoms. The molecule has 0 amide bonds. The van der Waals surface area contributed by atoms with E-state index in [4.69, 9.17) is 4.98 Å². The Morgan fingerprint density at radius 2 is 1.41 bits per heavy atom. The number of hydrogen-bond acceptors (Lipinski definition) is 1. The summed E-state index contributed by atoms with van der Waals surface area (Å²) >= 11 is 0. The molecule has 0 aliphatic heterocycles. The highest BCUT2D eigenvalue weighted by atomic mass is 15.0. The van der Waals surface area contributed by atoms with Crippen molar-refractivity contribution in [2.45, 2.75) is 18.8 Å². The summed E-state index contributed by atoms with van der Waals surface area (Å²) in [5.74, 6) is 0.711. The van der Waals surface area contributed by atoms with Crippen molar-refractivity contribution in [3.05, 3.63) is 109 Å². The molecule has 32 heavy (non-hydrogen) atoms. The number of hydrogen-bond donors (Lipinski definition) is 0. The van der Waals surface area contributed by atoms with Crippen molar-refractivity contribution >= 4 is 32.7 Å². The molecule has 2 nitrogen and oxygen atoms in total. The van der Waals surface area contributed by atoms with Crippen LogP contribution in [0.15, 0.2) is 103 Å². The van der Waals surface area contributed by atoms with E-state index in [1.54, 1.807) is 0 Å². The second-order valence-electron chi connectivity index (χ2n) is 8.79. The minimum Gasteiger partial charge on any atom is -0.307 e. The number of aromatic nitrogens is 2. The maximum atomic E-state index is 5.31.